The van der Waals surface area contributed by atoms with E-state index in [4.69, 9.17) is 5.73 Å². The van der Waals surface area contributed by atoms with E-state index in [-0.39, 0.29) is 30.8 Å². The largest absolute Gasteiger partial charge is 0.451 e. The van der Waals surface area contributed by atoms with Gasteiger partial charge in [0.05, 0.1) is 6.61 Å². The summed E-state index contributed by atoms with van der Waals surface area (Å²) in [4.78, 5) is 8.56. The number of hydrogen-bond acceptors (Lipinski definition) is 5. The number of aliphatic hydroxyl groups is 1. The van der Waals surface area contributed by atoms with Crippen molar-refractivity contribution >= 4 is 11.6 Å². The molecular weight excluding hydrogens is 285 g/mol. The number of rotatable bonds is 4. The van der Waals surface area contributed by atoms with Crippen LogP contribution >= 0.6 is 0 Å². The predicted molar refractivity (Wildman–Crippen MR) is 72.8 cm³/mol. The maximum Gasteiger partial charge on any atom is 0.451 e. The molecule has 5 nitrogen and oxygen atoms in total. The van der Waals surface area contributed by atoms with Crippen molar-refractivity contribution in [3.63, 3.8) is 0 Å². The zero-order valence-electron chi connectivity index (χ0n) is 11.6. The molecule has 0 bridgehead atoms. The van der Waals surface area contributed by atoms with Gasteiger partial charge in [0, 0.05) is 18.7 Å². The van der Waals surface area contributed by atoms with Gasteiger partial charge in [-0.1, -0.05) is 19.3 Å². The molecule has 1 aromatic rings. The summed E-state index contributed by atoms with van der Waals surface area (Å²) in [7, 11) is 0. The first-order valence-electron chi connectivity index (χ1n) is 7.01. The predicted octanol–water partition coefficient (Wildman–Crippen LogP) is 2.21. The molecule has 21 heavy (non-hydrogen) atoms. The molecule has 0 aliphatic heterocycles. The smallest absolute Gasteiger partial charge is 0.395 e. The third kappa shape index (κ3) is 3.96. The van der Waals surface area contributed by atoms with Crippen LogP contribution in [-0.2, 0) is 6.18 Å². The second-order valence-corrected chi connectivity index (χ2v) is 5.18. The molecule has 8 heteroatoms. The van der Waals surface area contributed by atoms with E-state index < -0.39 is 12.0 Å². The van der Waals surface area contributed by atoms with E-state index in [0.29, 0.717) is 0 Å². The van der Waals surface area contributed by atoms with Gasteiger partial charge in [-0.05, 0) is 12.8 Å². The van der Waals surface area contributed by atoms with Crippen LogP contribution in [0.4, 0.5) is 24.8 Å². The molecule has 118 valence electrons. The summed E-state index contributed by atoms with van der Waals surface area (Å²) in [6.07, 6.45) is 0.305. The highest BCUT2D eigenvalue weighted by Gasteiger charge is 2.36. The maximum atomic E-state index is 12.8. The molecule has 1 aromatic heterocycles. The minimum absolute atomic E-state index is 0.0845. The summed E-state index contributed by atoms with van der Waals surface area (Å²) in [6.45, 7) is 0.0835. The number of alkyl halides is 3. The molecule has 1 aliphatic rings. The molecule has 0 aromatic carbocycles. The SMILES string of the molecule is Nc1cc(N(CCO)C2CCCCC2)nc(C(F)(F)F)n1. The Balaban J connectivity index is 2.32. The van der Waals surface area contributed by atoms with Crippen LogP contribution in [0.15, 0.2) is 6.07 Å². The molecule has 0 saturated heterocycles. The van der Waals surface area contributed by atoms with Crippen LogP contribution in [-0.4, -0.2) is 34.3 Å². The Labute approximate surface area is 121 Å². The van der Waals surface area contributed by atoms with E-state index in [2.05, 4.69) is 9.97 Å². The van der Waals surface area contributed by atoms with Crippen molar-refractivity contribution in [2.75, 3.05) is 23.8 Å². The molecule has 2 rings (SSSR count). The van der Waals surface area contributed by atoms with Gasteiger partial charge >= 0.3 is 6.18 Å². The van der Waals surface area contributed by atoms with Crippen molar-refractivity contribution < 1.29 is 18.3 Å². The lowest BCUT2D eigenvalue weighted by Crippen LogP contribution is -2.39. The number of nitrogens with two attached hydrogens (primary N) is 1. The van der Waals surface area contributed by atoms with E-state index in [0.717, 1.165) is 32.1 Å². The molecule has 0 atom stereocenters. The molecule has 3 N–H and O–H groups in total. The van der Waals surface area contributed by atoms with Crippen LogP contribution in [0.25, 0.3) is 0 Å². The third-order valence-corrected chi connectivity index (χ3v) is 3.64. The average molecular weight is 304 g/mol. The molecule has 1 aliphatic carbocycles. The fraction of sp³-hybridized carbons (Fsp3) is 0.692. The van der Waals surface area contributed by atoms with Crippen molar-refractivity contribution in [1.29, 1.82) is 0 Å². The topological polar surface area (TPSA) is 75.3 Å². The first kappa shape index (κ1) is 15.8. The van der Waals surface area contributed by atoms with Gasteiger partial charge in [0.25, 0.3) is 0 Å². The highest BCUT2D eigenvalue weighted by Crippen LogP contribution is 2.31. The zero-order chi connectivity index (χ0) is 15.5. The Kier molecular flexibility index (Phi) is 4.87. The normalized spacial score (nSPS) is 17.0. The number of aliphatic hydroxyl groups excluding tert-OH is 1. The van der Waals surface area contributed by atoms with Crippen molar-refractivity contribution in [2.24, 2.45) is 0 Å². The van der Waals surface area contributed by atoms with Gasteiger partial charge in [0.2, 0.25) is 5.82 Å². The second kappa shape index (κ2) is 6.46. The minimum atomic E-state index is -4.64. The van der Waals surface area contributed by atoms with Crippen molar-refractivity contribution in [1.82, 2.24) is 9.97 Å². The number of aromatic nitrogens is 2. The number of nitrogens with zero attached hydrogens (tertiary/aromatic N) is 3. The summed E-state index contributed by atoms with van der Waals surface area (Å²) in [5.41, 5.74) is 5.48. The highest BCUT2D eigenvalue weighted by atomic mass is 19.4. The minimum Gasteiger partial charge on any atom is -0.395 e. The molecule has 1 fully saturated rings. The van der Waals surface area contributed by atoms with Gasteiger partial charge < -0.3 is 15.7 Å². The quantitative estimate of drug-likeness (QED) is 0.892. The number of anilines is 2. The molecule has 0 radical (unpaired) electrons. The highest BCUT2D eigenvalue weighted by molar-refractivity contribution is 5.48. The summed E-state index contributed by atoms with van der Waals surface area (Å²) < 4.78 is 38.4. The first-order chi connectivity index (χ1) is 9.91. The van der Waals surface area contributed by atoms with Gasteiger partial charge in [-0.3, -0.25) is 0 Å². The lowest BCUT2D eigenvalue weighted by Gasteiger charge is -2.35. The van der Waals surface area contributed by atoms with Crippen LogP contribution in [0, 0.1) is 0 Å². The Morgan fingerprint density at radius 1 is 1.24 bits per heavy atom. The Morgan fingerprint density at radius 2 is 1.90 bits per heavy atom. The maximum absolute atomic E-state index is 12.8. The monoisotopic (exact) mass is 304 g/mol. The lowest BCUT2D eigenvalue weighted by atomic mass is 9.94. The molecule has 1 heterocycles. The van der Waals surface area contributed by atoms with Gasteiger partial charge in [0.1, 0.15) is 11.6 Å². The van der Waals surface area contributed by atoms with Crippen LogP contribution in [0.1, 0.15) is 37.9 Å². The van der Waals surface area contributed by atoms with Crippen molar-refractivity contribution in [2.45, 2.75) is 44.3 Å². The van der Waals surface area contributed by atoms with E-state index in [1.165, 1.54) is 6.07 Å². The number of hydrogen-bond donors (Lipinski definition) is 2. The van der Waals surface area contributed by atoms with E-state index in [1.54, 1.807) is 4.90 Å². The van der Waals surface area contributed by atoms with Crippen molar-refractivity contribution in [3.8, 4) is 0 Å². The summed E-state index contributed by atoms with van der Waals surface area (Å²) in [5, 5.41) is 9.19. The third-order valence-electron chi connectivity index (χ3n) is 3.64. The average Bonchev–Trinajstić information content (AvgIpc) is 2.44. The molecule has 0 amide bonds. The standard InChI is InChI=1S/C13H19F3N4O/c14-13(15,16)12-18-10(17)8-11(19-12)20(6-7-21)9-4-2-1-3-5-9/h8-9,21H,1-7H2,(H2,17,18,19). The summed E-state index contributed by atoms with van der Waals surface area (Å²) in [6, 6.07) is 1.42. The van der Waals surface area contributed by atoms with Crippen LogP contribution in [0.5, 0.6) is 0 Å². The second-order valence-electron chi connectivity index (χ2n) is 5.18. The van der Waals surface area contributed by atoms with E-state index in [9.17, 15) is 18.3 Å². The van der Waals surface area contributed by atoms with E-state index in [1.807, 2.05) is 0 Å². The van der Waals surface area contributed by atoms with Gasteiger partial charge in [-0.25, -0.2) is 9.97 Å². The molecular formula is C13H19F3N4O. The number of nitrogen functional groups attached to an aromatic ring is 1. The van der Waals surface area contributed by atoms with Gasteiger partial charge in [-0.15, -0.1) is 0 Å². The number of halogens is 3. The van der Waals surface area contributed by atoms with E-state index >= 15 is 0 Å². The Bertz CT molecular complexity index is 475. The van der Waals surface area contributed by atoms with Crippen molar-refractivity contribution in [3.05, 3.63) is 11.9 Å². The Hall–Kier alpha value is -1.57. The molecule has 1 saturated carbocycles. The fourth-order valence-electron chi connectivity index (χ4n) is 2.71. The molecule has 0 spiro atoms. The molecule has 0 unspecified atom stereocenters. The Morgan fingerprint density at radius 3 is 2.48 bits per heavy atom. The van der Waals surface area contributed by atoms with Gasteiger partial charge in [0.15, 0.2) is 0 Å². The summed E-state index contributed by atoms with van der Waals surface area (Å²) >= 11 is 0. The van der Waals surface area contributed by atoms with Crippen LogP contribution < -0.4 is 10.6 Å². The van der Waals surface area contributed by atoms with Crippen LogP contribution in [0.3, 0.4) is 0 Å². The zero-order valence-corrected chi connectivity index (χ0v) is 11.6. The summed E-state index contributed by atoms with van der Waals surface area (Å²) in [5.74, 6) is -1.32. The van der Waals surface area contributed by atoms with Gasteiger partial charge in [-0.2, -0.15) is 13.2 Å². The first-order valence-corrected chi connectivity index (χ1v) is 7.01. The van der Waals surface area contributed by atoms with Crippen LogP contribution in [0.2, 0.25) is 0 Å². The fourth-order valence-corrected chi connectivity index (χ4v) is 2.71. The lowest BCUT2D eigenvalue weighted by molar-refractivity contribution is -0.144.